The number of H-pyrrole nitrogens is 1. The highest BCUT2D eigenvalue weighted by molar-refractivity contribution is 14.1. The molecule has 0 aliphatic rings. The molecule has 0 bridgehead atoms. The van der Waals surface area contributed by atoms with Crippen molar-refractivity contribution in [3.05, 3.63) is 3.70 Å². The lowest BCUT2D eigenvalue weighted by molar-refractivity contribution is 0.398. The molecule has 0 fully saturated rings. The number of rotatable bonds is 2. The van der Waals surface area contributed by atoms with Crippen LogP contribution in [-0.2, 0) is 0 Å². The monoisotopic (exact) mass is 362 g/mol. The predicted octanol–water partition coefficient (Wildman–Crippen LogP) is 2.43. The van der Waals surface area contributed by atoms with Crippen molar-refractivity contribution in [1.82, 2.24) is 20.2 Å². The number of ether oxygens (including phenoxy) is 1. The lowest BCUT2D eigenvalue weighted by Gasteiger charge is -2.00. The Labute approximate surface area is 114 Å². The van der Waals surface area contributed by atoms with Gasteiger partial charge in [-0.2, -0.15) is 15.1 Å². The number of aromatic amines is 1. The van der Waals surface area contributed by atoms with Crippen LogP contribution in [0.3, 0.4) is 0 Å². The Morgan fingerprint density at radius 2 is 2.24 bits per heavy atom. The molecule has 8 heteroatoms. The second-order valence-electron chi connectivity index (χ2n) is 3.22. The highest BCUT2D eigenvalue weighted by Gasteiger charge is 2.20. The highest BCUT2D eigenvalue weighted by atomic mass is 127. The van der Waals surface area contributed by atoms with Crippen molar-refractivity contribution in [2.45, 2.75) is 5.16 Å². The van der Waals surface area contributed by atoms with Crippen LogP contribution in [0.1, 0.15) is 0 Å². The topological polar surface area (TPSA) is 76.8 Å². The molecule has 6 nitrogen and oxygen atoms in total. The number of fused-ring (bicyclic) bond motifs is 3. The Balaban J connectivity index is 2.47. The highest BCUT2D eigenvalue weighted by Crippen LogP contribution is 2.34. The summed E-state index contributed by atoms with van der Waals surface area (Å²) < 4.78 is 11.8. The van der Waals surface area contributed by atoms with Gasteiger partial charge in [0.1, 0.15) is 14.6 Å². The van der Waals surface area contributed by atoms with Crippen LogP contribution < -0.4 is 4.74 Å². The Bertz CT molecular complexity index is 708. The fraction of sp³-hybridized carbons (Fsp3) is 0.222. The van der Waals surface area contributed by atoms with Crippen molar-refractivity contribution < 1.29 is 9.15 Å². The summed E-state index contributed by atoms with van der Waals surface area (Å²) in [5, 5.41) is 8.36. The summed E-state index contributed by atoms with van der Waals surface area (Å²) in [5.41, 5.74) is 1.89. The second kappa shape index (κ2) is 4.02. The normalized spacial score (nSPS) is 11.5. The van der Waals surface area contributed by atoms with E-state index in [4.69, 9.17) is 9.15 Å². The number of aromatic nitrogens is 4. The summed E-state index contributed by atoms with van der Waals surface area (Å²) in [6, 6.07) is 0. The predicted molar refractivity (Wildman–Crippen MR) is 72.5 cm³/mol. The average Bonchev–Trinajstić information content (AvgIpc) is 2.88. The number of methoxy groups -OCH3 is 1. The van der Waals surface area contributed by atoms with E-state index in [2.05, 4.69) is 42.8 Å². The summed E-state index contributed by atoms with van der Waals surface area (Å²) in [7, 11) is 1.57. The fourth-order valence-corrected chi connectivity index (χ4v) is 2.42. The van der Waals surface area contributed by atoms with E-state index in [1.807, 2.05) is 6.26 Å². The number of thioether (sulfide) groups is 1. The molecule has 3 aromatic heterocycles. The van der Waals surface area contributed by atoms with E-state index < -0.39 is 0 Å². The molecule has 1 N–H and O–H groups in total. The summed E-state index contributed by atoms with van der Waals surface area (Å²) >= 11 is 3.56. The molecule has 3 heterocycles. The maximum atomic E-state index is 5.66. The number of nitrogens with one attached hydrogen (secondary N) is 1. The van der Waals surface area contributed by atoms with Gasteiger partial charge < -0.3 is 9.15 Å². The van der Waals surface area contributed by atoms with E-state index in [1.54, 1.807) is 7.11 Å². The molecular weight excluding hydrogens is 355 g/mol. The zero-order valence-electron chi connectivity index (χ0n) is 8.94. The Kier molecular flexibility index (Phi) is 2.62. The smallest absolute Gasteiger partial charge is 0.237 e. The van der Waals surface area contributed by atoms with Crippen LogP contribution >= 0.6 is 34.4 Å². The van der Waals surface area contributed by atoms with Gasteiger partial charge in [0.15, 0.2) is 10.7 Å². The third kappa shape index (κ3) is 1.58. The molecular formula is C9H7IN4O2S. The van der Waals surface area contributed by atoms with E-state index in [0.717, 1.165) is 3.70 Å². The zero-order chi connectivity index (χ0) is 12.0. The van der Waals surface area contributed by atoms with Crippen LogP contribution in [0.15, 0.2) is 9.57 Å². The Hall–Kier alpha value is -1.03. The number of furan rings is 1. The minimum atomic E-state index is 0.487. The standard InChI is InChI=1S/C9H7IN4O2S/c1-15-7-3-4-5(6(10)14-13-4)16-8(3)12-9(11-7)17-2/h1-2H3,(H,13,14). The van der Waals surface area contributed by atoms with E-state index in [9.17, 15) is 0 Å². The number of hydrogen-bond donors (Lipinski definition) is 1. The Morgan fingerprint density at radius 3 is 2.94 bits per heavy atom. The van der Waals surface area contributed by atoms with Crippen LogP contribution in [-0.4, -0.2) is 33.5 Å². The van der Waals surface area contributed by atoms with Crippen molar-refractivity contribution in [2.24, 2.45) is 0 Å². The van der Waals surface area contributed by atoms with E-state index in [1.165, 1.54) is 11.8 Å². The van der Waals surface area contributed by atoms with Gasteiger partial charge in [-0.3, -0.25) is 5.10 Å². The second-order valence-corrected chi connectivity index (χ2v) is 5.07. The first kappa shape index (κ1) is 11.1. The van der Waals surface area contributed by atoms with Gasteiger partial charge in [-0.25, -0.2) is 0 Å². The maximum Gasteiger partial charge on any atom is 0.237 e. The van der Waals surface area contributed by atoms with Crippen LogP contribution in [0.4, 0.5) is 0 Å². The molecule has 0 saturated carbocycles. The van der Waals surface area contributed by atoms with Gasteiger partial charge in [0, 0.05) is 0 Å². The van der Waals surface area contributed by atoms with E-state index >= 15 is 0 Å². The Morgan fingerprint density at radius 1 is 1.41 bits per heavy atom. The zero-order valence-corrected chi connectivity index (χ0v) is 11.9. The van der Waals surface area contributed by atoms with Crippen molar-refractivity contribution >= 4 is 56.6 Å². The van der Waals surface area contributed by atoms with Gasteiger partial charge in [0.2, 0.25) is 11.6 Å². The summed E-state index contributed by atoms with van der Waals surface area (Å²) in [6.45, 7) is 0. The molecule has 0 aromatic carbocycles. The summed E-state index contributed by atoms with van der Waals surface area (Å²) in [5.74, 6) is 0.487. The first-order valence-electron chi connectivity index (χ1n) is 4.66. The molecule has 0 aliphatic heterocycles. The molecule has 3 aromatic rings. The quantitative estimate of drug-likeness (QED) is 0.429. The molecule has 0 saturated heterocycles. The van der Waals surface area contributed by atoms with Crippen molar-refractivity contribution in [3.8, 4) is 5.88 Å². The molecule has 0 unspecified atom stereocenters. The van der Waals surface area contributed by atoms with E-state index in [-0.39, 0.29) is 0 Å². The average molecular weight is 362 g/mol. The molecule has 3 rings (SSSR count). The van der Waals surface area contributed by atoms with Crippen molar-refractivity contribution in [1.29, 1.82) is 0 Å². The number of halogens is 1. The van der Waals surface area contributed by atoms with Gasteiger partial charge in [0.25, 0.3) is 0 Å². The lowest BCUT2D eigenvalue weighted by atomic mass is 10.3. The summed E-state index contributed by atoms with van der Waals surface area (Å²) in [6.07, 6.45) is 1.90. The maximum absolute atomic E-state index is 5.66. The van der Waals surface area contributed by atoms with Crippen molar-refractivity contribution in [3.63, 3.8) is 0 Å². The van der Waals surface area contributed by atoms with Crippen LogP contribution in [0, 0.1) is 3.70 Å². The molecule has 0 aliphatic carbocycles. The third-order valence-corrected chi connectivity index (χ3v) is 3.59. The largest absolute Gasteiger partial charge is 0.480 e. The minimum Gasteiger partial charge on any atom is -0.480 e. The van der Waals surface area contributed by atoms with Crippen LogP contribution in [0.5, 0.6) is 5.88 Å². The molecule has 0 atom stereocenters. The van der Waals surface area contributed by atoms with Crippen LogP contribution in [0.25, 0.3) is 22.2 Å². The summed E-state index contributed by atoms with van der Waals surface area (Å²) in [4.78, 5) is 8.58. The SMILES string of the molecule is COc1nc(SC)nc2oc3c(I)[nH]nc3c12. The molecule has 0 amide bonds. The molecule has 88 valence electrons. The molecule has 0 spiro atoms. The first-order chi connectivity index (χ1) is 8.24. The van der Waals surface area contributed by atoms with Gasteiger partial charge in [-0.15, -0.1) is 0 Å². The number of hydrogen-bond acceptors (Lipinski definition) is 6. The molecule has 0 radical (unpaired) electrons. The van der Waals surface area contributed by atoms with Gasteiger partial charge in [-0.05, 0) is 28.8 Å². The molecule has 17 heavy (non-hydrogen) atoms. The fourth-order valence-electron chi connectivity index (χ4n) is 1.59. The van der Waals surface area contributed by atoms with E-state index in [0.29, 0.717) is 33.2 Å². The minimum absolute atomic E-state index is 0.487. The van der Waals surface area contributed by atoms with Crippen LogP contribution in [0.2, 0.25) is 0 Å². The van der Waals surface area contributed by atoms with Gasteiger partial charge >= 0.3 is 0 Å². The first-order valence-corrected chi connectivity index (χ1v) is 6.97. The number of nitrogens with zero attached hydrogens (tertiary/aromatic N) is 3. The third-order valence-electron chi connectivity index (χ3n) is 2.31. The van der Waals surface area contributed by atoms with Gasteiger partial charge in [-0.1, -0.05) is 11.8 Å². The lowest BCUT2D eigenvalue weighted by Crippen LogP contribution is -1.93. The van der Waals surface area contributed by atoms with Gasteiger partial charge in [0.05, 0.1) is 7.11 Å². The van der Waals surface area contributed by atoms with Crippen molar-refractivity contribution in [2.75, 3.05) is 13.4 Å².